The Morgan fingerprint density at radius 2 is 1.93 bits per heavy atom. The number of alkyl halides is 2. The predicted octanol–water partition coefficient (Wildman–Crippen LogP) is 2.40. The molecule has 1 heterocycles. The number of hydrogen-bond donors (Lipinski definition) is 0. The van der Waals surface area contributed by atoms with Crippen LogP contribution >= 0.6 is 0 Å². The van der Waals surface area contributed by atoms with E-state index in [9.17, 15) is 8.78 Å². The Balaban J connectivity index is 2.15. The molecule has 0 unspecified atom stereocenters. The summed E-state index contributed by atoms with van der Waals surface area (Å²) in [5.74, 6) is -2.58. The average molecular weight is 208 g/mol. The largest absolute Gasteiger partial charge is 0.365 e. The van der Waals surface area contributed by atoms with Crippen molar-refractivity contribution >= 4 is 5.69 Å². The zero-order valence-electron chi connectivity index (χ0n) is 8.08. The van der Waals surface area contributed by atoms with Crippen LogP contribution in [0.3, 0.4) is 0 Å². The maximum atomic E-state index is 12.9. The number of benzene rings is 1. The molecule has 0 spiro atoms. The van der Waals surface area contributed by atoms with Crippen LogP contribution in [0.1, 0.15) is 12.0 Å². The number of rotatable bonds is 1. The van der Waals surface area contributed by atoms with E-state index in [1.165, 1.54) is 0 Å². The van der Waals surface area contributed by atoms with Gasteiger partial charge >= 0.3 is 0 Å². The topological polar surface area (TPSA) is 27.0 Å². The minimum absolute atomic E-state index is 0.0903. The average Bonchev–Trinajstić information content (AvgIpc) is 2.59. The Morgan fingerprint density at radius 1 is 1.27 bits per heavy atom. The van der Waals surface area contributed by atoms with Gasteiger partial charge in [0.05, 0.1) is 18.2 Å². The molecule has 78 valence electrons. The Kier molecular flexibility index (Phi) is 2.31. The molecule has 15 heavy (non-hydrogen) atoms. The monoisotopic (exact) mass is 208 g/mol. The van der Waals surface area contributed by atoms with Gasteiger partial charge in [0.25, 0.3) is 5.92 Å². The smallest absolute Gasteiger partial charge is 0.266 e. The first-order valence-corrected chi connectivity index (χ1v) is 4.74. The summed E-state index contributed by atoms with van der Waals surface area (Å²) in [6, 6.07) is 8.70. The second-order valence-corrected chi connectivity index (χ2v) is 3.69. The van der Waals surface area contributed by atoms with E-state index < -0.39 is 5.92 Å². The van der Waals surface area contributed by atoms with E-state index in [0.717, 1.165) is 5.69 Å². The van der Waals surface area contributed by atoms with Crippen molar-refractivity contribution in [3.05, 3.63) is 29.8 Å². The lowest BCUT2D eigenvalue weighted by Crippen LogP contribution is -2.24. The highest BCUT2D eigenvalue weighted by molar-refractivity contribution is 5.50. The van der Waals surface area contributed by atoms with Crippen LogP contribution in [0.4, 0.5) is 14.5 Å². The lowest BCUT2D eigenvalue weighted by molar-refractivity contribution is 0.0257. The zero-order chi connectivity index (χ0) is 10.9. The minimum atomic E-state index is -2.58. The third-order valence-electron chi connectivity index (χ3n) is 2.53. The highest BCUT2D eigenvalue weighted by Gasteiger charge is 2.38. The fraction of sp³-hybridized carbons (Fsp3) is 0.364. The summed E-state index contributed by atoms with van der Waals surface area (Å²) in [4.78, 5) is 1.64. The first-order valence-electron chi connectivity index (χ1n) is 4.74. The predicted molar refractivity (Wildman–Crippen MR) is 52.9 cm³/mol. The number of halogens is 2. The van der Waals surface area contributed by atoms with Crippen LogP contribution in [0.25, 0.3) is 0 Å². The van der Waals surface area contributed by atoms with Gasteiger partial charge in [-0.1, -0.05) is 0 Å². The highest BCUT2D eigenvalue weighted by atomic mass is 19.3. The molecule has 1 fully saturated rings. The fourth-order valence-corrected chi connectivity index (χ4v) is 1.70. The fourth-order valence-electron chi connectivity index (χ4n) is 1.70. The molecule has 1 aliphatic rings. The van der Waals surface area contributed by atoms with Crippen LogP contribution in [0, 0.1) is 11.3 Å². The van der Waals surface area contributed by atoms with Crippen LogP contribution in [-0.4, -0.2) is 19.0 Å². The number of nitrogens with zero attached hydrogens (tertiary/aromatic N) is 2. The van der Waals surface area contributed by atoms with Crippen molar-refractivity contribution in [1.29, 1.82) is 5.26 Å². The normalized spacial score (nSPS) is 18.9. The molecular formula is C11H10F2N2. The van der Waals surface area contributed by atoms with Gasteiger partial charge in [0.15, 0.2) is 0 Å². The molecule has 4 heteroatoms. The molecule has 0 radical (unpaired) electrons. The van der Waals surface area contributed by atoms with E-state index in [0.29, 0.717) is 12.1 Å². The van der Waals surface area contributed by atoms with Crippen molar-refractivity contribution in [2.75, 3.05) is 18.0 Å². The van der Waals surface area contributed by atoms with Gasteiger partial charge in [0.2, 0.25) is 0 Å². The zero-order valence-corrected chi connectivity index (χ0v) is 8.08. The number of hydrogen-bond acceptors (Lipinski definition) is 2. The van der Waals surface area contributed by atoms with Crippen molar-refractivity contribution in [3.63, 3.8) is 0 Å². The summed E-state index contributed by atoms with van der Waals surface area (Å²) >= 11 is 0. The third-order valence-corrected chi connectivity index (χ3v) is 2.53. The lowest BCUT2D eigenvalue weighted by Gasteiger charge is -2.17. The molecule has 0 bridgehead atoms. The molecule has 2 nitrogen and oxygen atoms in total. The lowest BCUT2D eigenvalue weighted by atomic mass is 10.2. The Morgan fingerprint density at radius 3 is 2.40 bits per heavy atom. The molecule has 0 N–H and O–H groups in total. The van der Waals surface area contributed by atoms with Gasteiger partial charge in [-0.05, 0) is 24.3 Å². The van der Waals surface area contributed by atoms with Crippen LogP contribution in [0.2, 0.25) is 0 Å². The second kappa shape index (κ2) is 3.50. The summed E-state index contributed by atoms with van der Waals surface area (Å²) in [5, 5.41) is 8.59. The minimum Gasteiger partial charge on any atom is -0.365 e. The van der Waals surface area contributed by atoms with E-state index in [4.69, 9.17) is 5.26 Å². The quantitative estimate of drug-likeness (QED) is 0.708. The molecule has 0 aromatic heterocycles. The number of anilines is 1. The van der Waals surface area contributed by atoms with Gasteiger partial charge in [-0.15, -0.1) is 0 Å². The van der Waals surface area contributed by atoms with Crippen molar-refractivity contribution in [3.8, 4) is 6.07 Å². The molecule has 1 aromatic rings. The van der Waals surface area contributed by atoms with Gasteiger partial charge < -0.3 is 4.90 Å². The van der Waals surface area contributed by atoms with Crippen molar-refractivity contribution < 1.29 is 8.78 Å². The summed E-state index contributed by atoms with van der Waals surface area (Å²) in [5.41, 5.74) is 1.30. The Hall–Kier alpha value is -1.63. The van der Waals surface area contributed by atoms with E-state index >= 15 is 0 Å². The molecular weight excluding hydrogens is 198 g/mol. The molecule has 2 rings (SSSR count). The van der Waals surface area contributed by atoms with E-state index in [1.54, 1.807) is 29.2 Å². The molecule has 0 saturated carbocycles. The highest BCUT2D eigenvalue weighted by Crippen LogP contribution is 2.30. The summed E-state index contributed by atoms with van der Waals surface area (Å²) < 4.78 is 25.9. The molecule has 0 aliphatic carbocycles. The third kappa shape index (κ3) is 2.07. The van der Waals surface area contributed by atoms with Gasteiger partial charge in [-0.2, -0.15) is 5.26 Å². The van der Waals surface area contributed by atoms with Gasteiger partial charge in [0, 0.05) is 18.7 Å². The standard InChI is InChI=1S/C11H10F2N2/c12-11(13)5-6-15(8-11)10-3-1-9(7-14)2-4-10/h1-4H,5-6,8H2. The van der Waals surface area contributed by atoms with Crippen molar-refractivity contribution in [2.45, 2.75) is 12.3 Å². The summed E-state index contributed by atoms with van der Waals surface area (Å²) in [6.07, 6.45) is -0.0903. The van der Waals surface area contributed by atoms with Gasteiger partial charge in [-0.25, -0.2) is 8.78 Å². The maximum Gasteiger partial charge on any atom is 0.266 e. The molecule has 1 aromatic carbocycles. The van der Waals surface area contributed by atoms with Crippen LogP contribution in [-0.2, 0) is 0 Å². The van der Waals surface area contributed by atoms with E-state index in [1.807, 2.05) is 6.07 Å². The SMILES string of the molecule is N#Cc1ccc(N2CCC(F)(F)C2)cc1. The second-order valence-electron chi connectivity index (χ2n) is 3.69. The van der Waals surface area contributed by atoms with Gasteiger partial charge in [0.1, 0.15) is 0 Å². The van der Waals surface area contributed by atoms with Crippen molar-refractivity contribution in [1.82, 2.24) is 0 Å². The summed E-state index contributed by atoms with van der Waals surface area (Å²) in [7, 11) is 0. The van der Waals surface area contributed by atoms with Crippen LogP contribution in [0.5, 0.6) is 0 Å². The first-order chi connectivity index (χ1) is 7.11. The van der Waals surface area contributed by atoms with Crippen LogP contribution in [0.15, 0.2) is 24.3 Å². The molecule has 1 saturated heterocycles. The number of nitriles is 1. The molecule has 0 atom stereocenters. The van der Waals surface area contributed by atoms with E-state index in [-0.39, 0.29) is 13.0 Å². The van der Waals surface area contributed by atoms with Gasteiger partial charge in [-0.3, -0.25) is 0 Å². The molecule has 0 amide bonds. The maximum absolute atomic E-state index is 12.9. The van der Waals surface area contributed by atoms with Crippen LogP contribution < -0.4 is 4.90 Å². The van der Waals surface area contributed by atoms with Crippen molar-refractivity contribution in [2.24, 2.45) is 0 Å². The molecule has 1 aliphatic heterocycles. The summed E-state index contributed by atoms with van der Waals surface area (Å²) in [6.45, 7) is 0.151. The van der Waals surface area contributed by atoms with E-state index in [2.05, 4.69) is 0 Å². The first kappa shape index (κ1) is 9.91. The Labute approximate surface area is 86.7 Å². The Bertz CT molecular complexity index is 392.